The Morgan fingerprint density at radius 1 is 1.07 bits per heavy atom. The van der Waals surface area contributed by atoms with Gasteiger partial charge in [0.25, 0.3) is 5.91 Å². The molecule has 0 saturated carbocycles. The minimum absolute atomic E-state index is 0.0378. The van der Waals surface area contributed by atoms with Crippen LogP contribution in [0.2, 0.25) is 0 Å². The van der Waals surface area contributed by atoms with Crippen LogP contribution in [0.3, 0.4) is 0 Å². The lowest BCUT2D eigenvalue weighted by Crippen LogP contribution is -2.34. The minimum Gasteiger partial charge on any atom is -0.452 e. The van der Waals surface area contributed by atoms with Crippen LogP contribution in [-0.2, 0) is 27.3 Å². The Morgan fingerprint density at radius 3 is 2.57 bits per heavy atom. The molecule has 1 aliphatic rings. The van der Waals surface area contributed by atoms with Crippen molar-refractivity contribution in [2.75, 3.05) is 6.61 Å². The average Bonchev–Trinajstić information content (AvgIpc) is 2.71. The van der Waals surface area contributed by atoms with E-state index in [0.29, 0.717) is 12.1 Å². The fraction of sp³-hybridized carbons (Fsp3) is 0.318. The van der Waals surface area contributed by atoms with Crippen molar-refractivity contribution in [3.63, 3.8) is 0 Å². The van der Waals surface area contributed by atoms with Gasteiger partial charge in [0.05, 0.1) is 11.6 Å². The molecule has 1 aliphatic carbocycles. The summed E-state index contributed by atoms with van der Waals surface area (Å²) in [7, 11) is 0. The van der Waals surface area contributed by atoms with Crippen LogP contribution in [0.5, 0.6) is 0 Å². The molecule has 0 radical (unpaired) electrons. The van der Waals surface area contributed by atoms with Gasteiger partial charge in [0.15, 0.2) is 6.61 Å². The molecule has 0 aromatic heterocycles. The first kappa shape index (κ1) is 19.6. The summed E-state index contributed by atoms with van der Waals surface area (Å²) in [6.07, 6.45) is 2.93. The lowest BCUT2D eigenvalue weighted by atomic mass is 9.88. The molecule has 2 aromatic carbocycles. The molecule has 6 heteroatoms. The number of amides is 2. The van der Waals surface area contributed by atoms with Crippen molar-refractivity contribution in [3.05, 3.63) is 70.8 Å². The molecule has 2 aromatic rings. The summed E-state index contributed by atoms with van der Waals surface area (Å²) in [5.74, 6) is -0.974. The van der Waals surface area contributed by atoms with Crippen molar-refractivity contribution in [2.24, 2.45) is 0 Å². The topological polar surface area (TPSA) is 84.5 Å². The first-order valence-electron chi connectivity index (χ1n) is 9.40. The molecule has 0 bridgehead atoms. The van der Waals surface area contributed by atoms with Crippen LogP contribution < -0.4 is 10.6 Å². The van der Waals surface area contributed by atoms with Gasteiger partial charge in [0, 0.05) is 13.5 Å². The summed E-state index contributed by atoms with van der Waals surface area (Å²) < 4.78 is 5.14. The lowest BCUT2D eigenvalue weighted by molar-refractivity contribution is -0.125. The van der Waals surface area contributed by atoms with Crippen LogP contribution >= 0.6 is 0 Å². The maximum atomic E-state index is 12.2. The number of hydrogen-bond acceptors (Lipinski definition) is 4. The SMILES string of the molecule is CC(=O)NCc1ccc(C(=O)OCC(=O)NC2CCCc3ccccc32)cc1. The molecule has 0 heterocycles. The van der Waals surface area contributed by atoms with Gasteiger partial charge in [-0.15, -0.1) is 0 Å². The van der Waals surface area contributed by atoms with Gasteiger partial charge in [-0.05, 0) is 48.1 Å². The van der Waals surface area contributed by atoms with Gasteiger partial charge in [-0.25, -0.2) is 4.79 Å². The number of nitrogens with one attached hydrogen (secondary N) is 2. The molecule has 1 unspecified atom stereocenters. The number of ether oxygens (including phenoxy) is 1. The highest BCUT2D eigenvalue weighted by Gasteiger charge is 2.21. The summed E-state index contributed by atoms with van der Waals surface area (Å²) in [5.41, 5.74) is 3.64. The summed E-state index contributed by atoms with van der Waals surface area (Å²) in [6, 6.07) is 14.8. The summed E-state index contributed by atoms with van der Waals surface area (Å²) in [6.45, 7) is 1.53. The molecule has 0 saturated heterocycles. The lowest BCUT2D eigenvalue weighted by Gasteiger charge is -2.26. The van der Waals surface area contributed by atoms with Crippen molar-refractivity contribution in [1.82, 2.24) is 10.6 Å². The molecule has 0 aliphatic heterocycles. The first-order valence-corrected chi connectivity index (χ1v) is 9.40. The molecule has 6 nitrogen and oxygen atoms in total. The van der Waals surface area contributed by atoms with Crippen molar-refractivity contribution in [1.29, 1.82) is 0 Å². The Bertz CT molecular complexity index is 861. The Kier molecular flexibility index (Phi) is 6.42. The third-order valence-corrected chi connectivity index (χ3v) is 4.77. The van der Waals surface area contributed by atoms with Crippen LogP contribution in [0.15, 0.2) is 48.5 Å². The first-order chi connectivity index (χ1) is 13.5. The fourth-order valence-electron chi connectivity index (χ4n) is 3.34. The molecule has 2 amide bonds. The van der Waals surface area contributed by atoms with E-state index in [1.54, 1.807) is 24.3 Å². The minimum atomic E-state index is -0.551. The molecule has 146 valence electrons. The Morgan fingerprint density at radius 2 is 1.82 bits per heavy atom. The molecule has 28 heavy (non-hydrogen) atoms. The van der Waals surface area contributed by atoms with E-state index >= 15 is 0 Å². The number of carbonyl (C=O) groups is 3. The van der Waals surface area contributed by atoms with Crippen LogP contribution in [0, 0.1) is 0 Å². The summed E-state index contributed by atoms with van der Waals surface area (Å²) >= 11 is 0. The van der Waals surface area contributed by atoms with Crippen LogP contribution in [-0.4, -0.2) is 24.4 Å². The highest BCUT2D eigenvalue weighted by Crippen LogP contribution is 2.29. The molecular weight excluding hydrogens is 356 g/mol. The Hall–Kier alpha value is -3.15. The van der Waals surface area contributed by atoms with E-state index < -0.39 is 5.97 Å². The zero-order chi connectivity index (χ0) is 19.9. The van der Waals surface area contributed by atoms with E-state index in [-0.39, 0.29) is 24.5 Å². The van der Waals surface area contributed by atoms with Crippen LogP contribution in [0.1, 0.15) is 52.9 Å². The Labute approximate surface area is 164 Å². The van der Waals surface area contributed by atoms with Gasteiger partial charge in [-0.3, -0.25) is 9.59 Å². The molecular formula is C22H24N2O4. The van der Waals surface area contributed by atoms with Gasteiger partial charge in [0.2, 0.25) is 5.91 Å². The summed E-state index contributed by atoms with van der Waals surface area (Å²) in [5, 5.41) is 5.65. The maximum Gasteiger partial charge on any atom is 0.338 e. The number of aryl methyl sites for hydroxylation is 1. The van der Waals surface area contributed by atoms with E-state index in [0.717, 1.165) is 30.4 Å². The molecule has 2 N–H and O–H groups in total. The predicted molar refractivity (Wildman–Crippen MR) is 105 cm³/mol. The largest absolute Gasteiger partial charge is 0.452 e. The average molecular weight is 380 g/mol. The van der Waals surface area contributed by atoms with Crippen molar-refractivity contribution in [3.8, 4) is 0 Å². The second kappa shape index (κ2) is 9.17. The van der Waals surface area contributed by atoms with E-state index in [1.165, 1.54) is 12.5 Å². The normalized spacial score (nSPS) is 15.2. The molecule has 3 rings (SSSR count). The quantitative estimate of drug-likeness (QED) is 0.755. The Balaban J connectivity index is 1.49. The number of carbonyl (C=O) groups excluding carboxylic acids is 3. The second-order valence-corrected chi connectivity index (χ2v) is 6.89. The van der Waals surface area contributed by atoms with Gasteiger partial charge in [-0.2, -0.15) is 0 Å². The van der Waals surface area contributed by atoms with E-state index in [1.807, 2.05) is 18.2 Å². The zero-order valence-corrected chi connectivity index (χ0v) is 15.9. The van der Waals surface area contributed by atoms with Crippen molar-refractivity contribution in [2.45, 2.75) is 38.8 Å². The highest BCUT2D eigenvalue weighted by molar-refractivity contribution is 5.91. The summed E-state index contributed by atoms with van der Waals surface area (Å²) in [4.78, 5) is 35.3. The van der Waals surface area contributed by atoms with E-state index in [2.05, 4.69) is 16.7 Å². The predicted octanol–water partition coefficient (Wildman–Crippen LogP) is 2.67. The van der Waals surface area contributed by atoms with Gasteiger partial charge < -0.3 is 15.4 Å². The van der Waals surface area contributed by atoms with Gasteiger partial charge in [0.1, 0.15) is 0 Å². The van der Waals surface area contributed by atoms with E-state index in [9.17, 15) is 14.4 Å². The van der Waals surface area contributed by atoms with E-state index in [4.69, 9.17) is 4.74 Å². The van der Waals surface area contributed by atoms with Crippen molar-refractivity contribution < 1.29 is 19.1 Å². The monoisotopic (exact) mass is 380 g/mol. The second-order valence-electron chi connectivity index (χ2n) is 6.89. The number of hydrogen-bond donors (Lipinski definition) is 2. The van der Waals surface area contributed by atoms with Gasteiger partial charge >= 0.3 is 5.97 Å². The molecule has 1 atom stereocenters. The fourth-order valence-corrected chi connectivity index (χ4v) is 3.34. The molecule has 0 spiro atoms. The highest BCUT2D eigenvalue weighted by atomic mass is 16.5. The van der Waals surface area contributed by atoms with Crippen LogP contribution in [0.4, 0.5) is 0 Å². The zero-order valence-electron chi connectivity index (χ0n) is 15.9. The maximum absolute atomic E-state index is 12.2. The van der Waals surface area contributed by atoms with Crippen LogP contribution in [0.25, 0.3) is 0 Å². The molecule has 0 fully saturated rings. The third kappa shape index (κ3) is 5.19. The number of benzene rings is 2. The number of fused-ring (bicyclic) bond motifs is 1. The standard InChI is InChI=1S/C22H24N2O4/c1-15(25)23-13-16-9-11-18(12-10-16)22(27)28-14-21(26)24-20-8-4-6-17-5-2-3-7-19(17)20/h2-3,5,7,9-12,20H,4,6,8,13-14H2,1H3,(H,23,25)(H,24,26). The number of esters is 1. The smallest absolute Gasteiger partial charge is 0.338 e. The number of rotatable bonds is 6. The van der Waals surface area contributed by atoms with Gasteiger partial charge in [-0.1, -0.05) is 36.4 Å². The van der Waals surface area contributed by atoms with Crippen molar-refractivity contribution >= 4 is 17.8 Å². The third-order valence-electron chi connectivity index (χ3n) is 4.77.